The molecule has 1 fully saturated rings. The number of hydrogen-bond donors (Lipinski definition) is 2. The highest BCUT2D eigenvalue weighted by molar-refractivity contribution is 5.81. The number of hydrogen-bond acceptors (Lipinski definition) is 3. The largest absolute Gasteiger partial charge is 0.465 e. The van der Waals surface area contributed by atoms with E-state index in [4.69, 9.17) is 10.8 Å². The van der Waals surface area contributed by atoms with Crippen molar-refractivity contribution in [1.82, 2.24) is 9.80 Å². The van der Waals surface area contributed by atoms with E-state index in [0.29, 0.717) is 13.1 Å². The quantitative estimate of drug-likeness (QED) is 0.538. The van der Waals surface area contributed by atoms with Crippen LogP contribution in [0.2, 0.25) is 0 Å². The third kappa shape index (κ3) is 2.09. The smallest absolute Gasteiger partial charge is 0.407 e. The average Bonchev–Trinajstić information content (AvgIpc) is 2.04. The molecule has 1 unspecified atom stereocenters. The Balaban J connectivity index is 2.63. The molecule has 74 valence electrons. The van der Waals surface area contributed by atoms with Crippen LogP contribution in [-0.4, -0.2) is 59.6 Å². The molecule has 1 aliphatic heterocycles. The van der Waals surface area contributed by atoms with Gasteiger partial charge in [0.1, 0.15) is 6.04 Å². The number of piperazine rings is 1. The SMILES string of the molecule is CN1CCN(C(=O)O)CC1C(N)=O. The number of carboxylic acid groups (broad SMARTS) is 1. The van der Waals surface area contributed by atoms with E-state index in [9.17, 15) is 9.59 Å². The average molecular weight is 187 g/mol. The van der Waals surface area contributed by atoms with E-state index in [1.54, 1.807) is 11.9 Å². The molecule has 1 heterocycles. The van der Waals surface area contributed by atoms with Gasteiger partial charge in [-0.15, -0.1) is 0 Å². The Kier molecular flexibility index (Phi) is 2.72. The molecule has 0 spiro atoms. The number of likely N-dealkylation sites (N-methyl/N-ethyl adjacent to an activating group) is 1. The highest BCUT2D eigenvalue weighted by Crippen LogP contribution is 2.06. The zero-order valence-corrected chi connectivity index (χ0v) is 7.43. The van der Waals surface area contributed by atoms with Crippen LogP contribution in [-0.2, 0) is 4.79 Å². The first-order chi connectivity index (χ1) is 6.02. The van der Waals surface area contributed by atoms with E-state index in [1.165, 1.54) is 4.90 Å². The van der Waals surface area contributed by atoms with Crippen LogP contribution in [0.5, 0.6) is 0 Å². The first-order valence-corrected chi connectivity index (χ1v) is 4.00. The Bertz CT molecular complexity index is 231. The molecule has 1 atom stereocenters. The van der Waals surface area contributed by atoms with Crippen LogP contribution >= 0.6 is 0 Å². The third-order valence-corrected chi connectivity index (χ3v) is 2.25. The van der Waals surface area contributed by atoms with E-state index in [2.05, 4.69) is 0 Å². The number of nitrogens with zero attached hydrogens (tertiary/aromatic N) is 2. The van der Waals surface area contributed by atoms with Crippen molar-refractivity contribution in [3.8, 4) is 0 Å². The van der Waals surface area contributed by atoms with Gasteiger partial charge in [-0.1, -0.05) is 0 Å². The fourth-order valence-corrected chi connectivity index (χ4v) is 1.35. The molecular formula is C7H13N3O3. The van der Waals surface area contributed by atoms with E-state index < -0.39 is 18.0 Å². The number of rotatable bonds is 1. The summed E-state index contributed by atoms with van der Waals surface area (Å²) in [5.41, 5.74) is 5.12. The maximum atomic E-state index is 10.9. The summed E-state index contributed by atoms with van der Waals surface area (Å²) in [7, 11) is 1.76. The van der Waals surface area contributed by atoms with E-state index >= 15 is 0 Å². The van der Waals surface area contributed by atoms with Crippen LogP contribution in [0, 0.1) is 0 Å². The molecule has 2 amide bonds. The van der Waals surface area contributed by atoms with Gasteiger partial charge in [0, 0.05) is 19.6 Å². The second kappa shape index (κ2) is 3.61. The summed E-state index contributed by atoms with van der Waals surface area (Å²) in [6.07, 6.45) is -1.00. The van der Waals surface area contributed by atoms with Gasteiger partial charge in [0.25, 0.3) is 0 Å². The molecule has 13 heavy (non-hydrogen) atoms. The van der Waals surface area contributed by atoms with Gasteiger partial charge in [-0.2, -0.15) is 0 Å². The van der Waals surface area contributed by atoms with Gasteiger partial charge in [0.05, 0.1) is 0 Å². The lowest BCUT2D eigenvalue weighted by molar-refractivity contribution is -0.124. The molecule has 1 saturated heterocycles. The van der Waals surface area contributed by atoms with Crippen molar-refractivity contribution in [3.05, 3.63) is 0 Å². The third-order valence-electron chi connectivity index (χ3n) is 2.25. The van der Waals surface area contributed by atoms with E-state index in [-0.39, 0.29) is 6.54 Å². The fourth-order valence-electron chi connectivity index (χ4n) is 1.35. The lowest BCUT2D eigenvalue weighted by Gasteiger charge is -2.36. The van der Waals surface area contributed by atoms with Gasteiger partial charge < -0.3 is 15.7 Å². The number of carbonyl (C=O) groups excluding carboxylic acids is 1. The lowest BCUT2D eigenvalue weighted by Crippen LogP contribution is -2.57. The summed E-state index contributed by atoms with van der Waals surface area (Å²) in [6.45, 7) is 1.14. The minimum atomic E-state index is -1.00. The maximum absolute atomic E-state index is 10.9. The first-order valence-electron chi connectivity index (χ1n) is 4.00. The standard InChI is InChI=1S/C7H13N3O3/c1-9-2-3-10(7(12)13)4-5(9)6(8)11/h5H,2-4H2,1H3,(H2,8,11)(H,12,13). The van der Waals surface area contributed by atoms with Gasteiger partial charge in [-0.3, -0.25) is 9.69 Å². The molecule has 0 aliphatic carbocycles. The maximum Gasteiger partial charge on any atom is 0.407 e. The Hall–Kier alpha value is -1.30. The van der Waals surface area contributed by atoms with Crippen molar-refractivity contribution in [3.63, 3.8) is 0 Å². The normalized spacial score (nSPS) is 24.4. The van der Waals surface area contributed by atoms with Crippen LogP contribution in [0.3, 0.4) is 0 Å². The first kappa shape index (κ1) is 9.79. The summed E-state index contributed by atoms with van der Waals surface area (Å²) in [4.78, 5) is 24.4. The summed E-state index contributed by atoms with van der Waals surface area (Å²) >= 11 is 0. The molecule has 0 aromatic carbocycles. The molecule has 0 aromatic rings. The Morgan fingerprint density at radius 3 is 2.54 bits per heavy atom. The molecular weight excluding hydrogens is 174 g/mol. The summed E-state index contributed by atoms with van der Waals surface area (Å²) in [6, 6.07) is -0.496. The predicted octanol–water partition coefficient (Wildman–Crippen LogP) is -1.23. The number of nitrogens with two attached hydrogens (primary N) is 1. The predicted molar refractivity (Wildman–Crippen MR) is 45.2 cm³/mol. The monoisotopic (exact) mass is 187 g/mol. The van der Waals surface area contributed by atoms with Crippen molar-refractivity contribution in [2.75, 3.05) is 26.7 Å². The molecule has 1 aliphatic rings. The number of carbonyl (C=O) groups is 2. The molecule has 6 heteroatoms. The summed E-state index contributed by atoms with van der Waals surface area (Å²) < 4.78 is 0. The van der Waals surface area contributed by atoms with Crippen LogP contribution in [0.1, 0.15) is 0 Å². The van der Waals surface area contributed by atoms with Crippen molar-refractivity contribution >= 4 is 12.0 Å². The minimum Gasteiger partial charge on any atom is -0.465 e. The van der Waals surface area contributed by atoms with Crippen LogP contribution in [0.15, 0.2) is 0 Å². The Labute approximate surface area is 75.9 Å². The second-order valence-corrected chi connectivity index (χ2v) is 3.13. The van der Waals surface area contributed by atoms with Crippen molar-refractivity contribution in [2.45, 2.75) is 6.04 Å². The summed E-state index contributed by atoms with van der Waals surface area (Å²) in [5, 5.41) is 8.68. The molecule has 0 radical (unpaired) electrons. The topological polar surface area (TPSA) is 86.9 Å². The Morgan fingerprint density at radius 1 is 1.46 bits per heavy atom. The molecule has 0 aromatic heterocycles. The fraction of sp³-hybridized carbons (Fsp3) is 0.714. The molecule has 6 nitrogen and oxygen atoms in total. The van der Waals surface area contributed by atoms with Gasteiger partial charge in [0.15, 0.2) is 0 Å². The van der Waals surface area contributed by atoms with Crippen molar-refractivity contribution in [1.29, 1.82) is 0 Å². The van der Waals surface area contributed by atoms with Gasteiger partial charge in [0.2, 0.25) is 5.91 Å². The highest BCUT2D eigenvalue weighted by atomic mass is 16.4. The second-order valence-electron chi connectivity index (χ2n) is 3.13. The van der Waals surface area contributed by atoms with Gasteiger partial charge in [-0.25, -0.2) is 4.79 Å². The van der Waals surface area contributed by atoms with E-state index in [0.717, 1.165) is 0 Å². The van der Waals surface area contributed by atoms with Crippen LogP contribution < -0.4 is 5.73 Å². The van der Waals surface area contributed by atoms with Crippen LogP contribution in [0.25, 0.3) is 0 Å². The summed E-state index contributed by atoms with van der Waals surface area (Å²) in [5.74, 6) is -0.478. The molecule has 0 saturated carbocycles. The van der Waals surface area contributed by atoms with Crippen LogP contribution in [0.4, 0.5) is 4.79 Å². The molecule has 0 bridgehead atoms. The lowest BCUT2D eigenvalue weighted by atomic mass is 10.2. The molecule has 3 N–H and O–H groups in total. The zero-order valence-electron chi connectivity index (χ0n) is 7.43. The number of amides is 2. The van der Waals surface area contributed by atoms with E-state index in [1.807, 2.05) is 0 Å². The van der Waals surface area contributed by atoms with Gasteiger partial charge >= 0.3 is 6.09 Å². The Morgan fingerprint density at radius 2 is 2.08 bits per heavy atom. The highest BCUT2D eigenvalue weighted by Gasteiger charge is 2.30. The zero-order chi connectivity index (χ0) is 10.0. The number of primary amides is 1. The molecule has 1 rings (SSSR count). The minimum absolute atomic E-state index is 0.168. The van der Waals surface area contributed by atoms with Crippen molar-refractivity contribution in [2.24, 2.45) is 5.73 Å². The van der Waals surface area contributed by atoms with Crippen molar-refractivity contribution < 1.29 is 14.7 Å². The van der Waals surface area contributed by atoms with Gasteiger partial charge in [-0.05, 0) is 7.05 Å².